The van der Waals surface area contributed by atoms with E-state index in [1.165, 1.54) is 38.9 Å². The first-order valence-electron chi connectivity index (χ1n) is 19.4. The van der Waals surface area contributed by atoms with Crippen molar-refractivity contribution in [2.75, 3.05) is 45.8 Å². The van der Waals surface area contributed by atoms with Crippen LogP contribution in [0.4, 0.5) is 0 Å². The molecule has 6 rings (SSSR count). The number of hydrogen-bond donors (Lipinski definition) is 2. The van der Waals surface area contributed by atoms with Crippen molar-refractivity contribution in [3.63, 3.8) is 0 Å². The van der Waals surface area contributed by atoms with Gasteiger partial charge in [-0.25, -0.2) is 0 Å². The van der Waals surface area contributed by atoms with E-state index >= 15 is 0 Å². The van der Waals surface area contributed by atoms with Crippen LogP contribution >= 0.6 is 0 Å². The highest BCUT2D eigenvalue weighted by Crippen LogP contribution is 2.43. The SMILES string of the molecule is CCC[N+]1(CCC)CCC[C@@H](CNC(=O)[C@H]2CCCN2C(=O)[C@@H]2C[C@@H](O)CN2C(=O)CC(c2ccccc2)(c2ccccc2)c2ccccc2)C1.[I-]. The molecule has 0 bridgehead atoms. The molecular weight excluding hydrogens is 763 g/mol. The van der Waals surface area contributed by atoms with E-state index in [4.69, 9.17) is 0 Å². The second kappa shape index (κ2) is 18.2. The Kier molecular flexibility index (Phi) is 13.9. The maximum Gasteiger partial charge on any atom is 0.246 e. The lowest BCUT2D eigenvalue weighted by molar-refractivity contribution is -0.935. The minimum absolute atomic E-state index is 0. The summed E-state index contributed by atoms with van der Waals surface area (Å²) >= 11 is 0. The number of hydrogen-bond acceptors (Lipinski definition) is 4. The van der Waals surface area contributed by atoms with Gasteiger partial charge in [-0.05, 0) is 55.2 Å². The van der Waals surface area contributed by atoms with Crippen molar-refractivity contribution in [1.82, 2.24) is 15.1 Å². The Morgan fingerprint density at radius 1 is 0.788 bits per heavy atom. The fourth-order valence-corrected chi connectivity index (χ4v) is 9.56. The molecule has 2 N–H and O–H groups in total. The number of aliphatic hydroxyl groups is 1. The van der Waals surface area contributed by atoms with E-state index in [0.717, 1.165) is 40.6 Å². The topological polar surface area (TPSA) is 89.9 Å². The highest BCUT2D eigenvalue weighted by Gasteiger charge is 2.47. The largest absolute Gasteiger partial charge is 1.00 e. The van der Waals surface area contributed by atoms with Gasteiger partial charge < -0.3 is 48.7 Å². The van der Waals surface area contributed by atoms with Crippen LogP contribution in [-0.4, -0.2) is 101 Å². The van der Waals surface area contributed by atoms with Crippen LogP contribution < -0.4 is 29.3 Å². The number of piperidine rings is 1. The fourth-order valence-electron chi connectivity index (χ4n) is 9.56. The van der Waals surface area contributed by atoms with Gasteiger partial charge in [-0.2, -0.15) is 0 Å². The molecule has 0 spiro atoms. The number of likely N-dealkylation sites (tertiary alicyclic amines) is 3. The minimum Gasteiger partial charge on any atom is -1.00 e. The third-order valence-corrected chi connectivity index (χ3v) is 11.8. The zero-order valence-electron chi connectivity index (χ0n) is 31.0. The summed E-state index contributed by atoms with van der Waals surface area (Å²) < 4.78 is 1.15. The molecule has 9 heteroatoms. The monoisotopic (exact) mass is 820 g/mol. The van der Waals surface area contributed by atoms with Crippen molar-refractivity contribution in [1.29, 1.82) is 0 Å². The normalized spacial score (nSPS) is 22.8. The maximum atomic E-state index is 14.7. The minimum atomic E-state index is -0.819. The number of carbonyl (C=O) groups excluding carboxylic acids is 3. The highest BCUT2D eigenvalue weighted by atomic mass is 127. The lowest BCUT2D eigenvalue weighted by Crippen LogP contribution is -3.00. The number of rotatable bonds is 13. The predicted molar refractivity (Wildman–Crippen MR) is 201 cm³/mol. The van der Waals surface area contributed by atoms with Crippen molar-refractivity contribution in [3.8, 4) is 0 Å². The fraction of sp³-hybridized carbons (Fsp3) is 0.512. The first-order valence-corrected chi connectivity index (χ1v) is 19.4. The van der Waals surface area contributed by atoms with Crippen molar-refractivity contribution < 1.29 is 47.9 Å². The summed E-state index contributed by atoms with van der Waals surface area (Å²) in [6.45, 7) is 10.4. The Balaban J connectivity index is 0.00000523. The summed E-state index contributed by atoms with van der Waals surface area (Å²) in [6, 6.07) is 28.8. The molecule has 0 aliphatic carbocycles. The van der Waals surface area contributed by atoms with E-state index in [2.05, 4.69) is 55.6 Å². The molecule has 3 aromatic carbocycles. The van der Waals surface area contributed by atoms with Crippen molar-refractivity contribution in [3.05, 3.63) is 108 Å². The number of benzene rings is 3. The van der Waals surface area contributed by atoms with Gasteiger partial charge in [0.2, 0.25) is 17.7 Å². The molecule has 8 nitrogen and oxygen atoms in total. The first kappa shape index (κ1) is 39.9. The summed E-state index contributed by atoms with van der Waals surface area (Å²) in [4.78, 5) is 46.0. The third kappa shape index (κ3) is 8.57. The Morgan fingerprint density at radius 3 is 1.88 bits per heavy atom. The van der Waals surface area contributed by atoms with Crippen LogP contribution in [0.3, 0.4) is 0 Å². The van der Waals surface area contributed by atoms with E-state index in [-0.39, 0.29) is 61.1 Å². The summed E-state index contributed by atoms with van der Waals surface area (Å²) in [5.41, 5.74) is 2.12. The van der Waals surface area contributed by atoms with Gasteiger partial charge in [0.25, 0.3) is 0 Å². The number of nitrogens with zero attached hydrogens (tertiary/aromatic N) is 3. The Bertz CT molecular complexity index is 1500. The summed E-state index contributed by atoms with van der Waals surface area (Å²) in [5, 5.41) is 14.2. The molecule has 280 valence electrons. The number of amides is 3. The molecule has 3 fully saturated rings. The summed E-state index contributed by atoms with van der Waals surface area (Å²) in [6.07, 6.45) is 5.42. The second-order valence-corrected chi connectivity index (χ2v) is 15.3. The van der Waals surface area contributed by atoms with Gasteiger partial charge in [0.05, 0.1) is 37.7 Å². The molecular formula is C43H57IN4O4. The maximum absolute atomic E-state index is 14.7. The molecule has 3 aliphatic heterocycles. The lowest BCUT2D eigenvalue weighted by Gasteiger charge is -2.44. The molecule has 0 aromatic heterocycles. The van der Waals surface area contributed by atoms with Crippen LogP contribution in [0.15, 0.2) is 91.0 Å². The zero-order valence-corrected chi connectivity index (χ0v) is 33.1. The molecule has 0 radical (unpaired) electrons. The molecule has 3 amide bonds. The zero-order chi connectivity index (χ0) is 35.8. The van der Waals surface area contributed by atoms with Crippen LogP contribution in [0.5, 0.6) is 0 Å². The van der Waals surface area contributed by atoms with Crippen LogP contribution in [-0.2, 0) is 19.8 Å². The van der Waals surface area contributed by atoms with E-state index in [1.54, 1.807) is 9.80 Å². The van der Waals surface area contributed by atoms with Crippen LogP contribution in [0, 0.1) is 5.92 Å². The number of aliphatic hydroxyl groups excluding tert-OH is 1. The van der Waals surface area contributed by atoms with Crippen LogP contribution in [0.1, 0.15) is 81.9 Å². The van der Waals surface area contributed by atoms with Gasteiger partial charge in [0.1, 0.15) is 12.1 Å². The number of nitrogens with one attached hydrogen (secondary N) is 1. The predicted octanol–water partition coefficient (Wildman–Crippen LogP) is 2.53. The van der Waals surface area contributed by atoms with Crippen molar-refractivity contribution in [2.45, 2.75) is 88.8 Å². The van der Waals surface area contributed by atoms with Gasteiger partial charge >= 0.3 is 0 Å². The average molecular weight is 821 g/mol. The number of carbonyl (C=O) groups is 3. The van der Waals surface area contributed by atoms with E-state index < -0.39 is 23.6 Å². The van der Waals surface area contributed by atoms with Gasteiger partial charge in [0.15, 0.2) is 0 Å². The van der Waals surface area contributed by atoms with E-state index in [1.807, 2.05) is 54.6 Å². The molecule has 4 atom stereocenters. The van der Waals surface area contributed by atoms with Crippen molar-refractivity contribution >= 4 is 17.7 Å². The van der Waals surface area contributed by atoms with Crippen LogP contribution in [0.25, 0.3) is 0 Å². The van der Waals surface area contributed by atoms with E-state index in [9.17, 15) is 19.5 Å². The molecule has 52 heavy (non-hydrogen) atoms. The van der Waals surface area contributed by atoms with E-state index in [0.29, 0.717) is 25.4 Å². The molecule has 0 saturated carbocycles. The van der Waals surface area contributed by atoms with Gasteiger partial charge in [-0.3, -0.25) is 14.4 Å². The van der Waals surface area contributed by atoms with Crippen molar-refractivity contribution in [2.24, 2.45) is 5.92 Å². The molecule has 0 unspecified atom stereocenters. The third-order valence-electron chi connectivity index (χ3n) is 11.8. The molecule has 3 saturated heterocycles. The number of quaternary nitrogens is 1. The Labute approximate surface area is 327 Å². The average Bonchev–Trinajstić information content (AvgIpc) is 3.81. The Hall–Kier alpha value is -3.28. The number of halogens is 1. The first-order chi connectivity index (χ1) is 24.8. The molecule has 3 aromatic rings. The summed E-state index contributed by atoms with van der Waals surface area (Å²) in [7, 11) is 0. The van der Waals surface area contributed by atoms with Gasteiger partial charge in [-0.1, -0.05) is 105 Å². The van der Waals surface area contributed by atoms with Gasteiger partial charge in [0, 0.05) is 38.4 Å². The quantitative estimate of drug-likeness (QED) is 0.158. The lowest BCUT2D eigenvalue weighted by atomic mass is 9.67. The number of β-amino-alcohol motifs (C(OH)–C–C–N with tert-alkyl or cyclic N) is 1. The molecule has 3 aliphatic rings. The standard InChI is InChI=1S/C43H56N4O4.HI/c1-3-25-47(26-4-2)27-15-16-33(32-47)30-44-41(50)38-23-14-24-45(38)42(51)39-28-37(48)31-46(39)40(49)29-43(34-17-8-5-9-18-34,35-19-10-6-11-20-35)36-21-12-7-13-22-36;/h5-13,17-22,33,37-39,48H,3-4,14-16,23-32H2,1-2H3;1H/t33-,37+,38+,39-;/m0./s1. The smallest absolute Gasteiger partial charge is 0.246 e. The second-order valence-electron chi connectivity index (χ2n) is 15.3. The van der Waals surface area contributed by atoms with Crippen LogP contribution in [0.2, 0.25) is 0 Å². The van der Waals surface area contributed by atoms with Gasteiger partial charge in [-0.15, -0.1) is 0 Å². The summed E-state index contributed by atoms with van der Waals surface area (Å²) in [5.74, 6) is -0.0898. The highest BCUT2D eigenvalue weighted by molar-refractivity contribution is 5.93. The molecule has 3 heterocycles. The Morgan fingerprint density at radius 2 is 1.35 bits per heavy atom.